The van der Waals surface area contributed by atoms with Gasteiger partial charge in [0.1, 0.15) is 0 Å². The fourth-order valence-electron chi connectivity index (χ4n) is 3.99. The number of nitrogens with zero attached hydrogens (tertiary/aromatic N) is 4. The Hall–Kier alpha value is -3.02. The second-order valence-electron chi connectivity index (χ2n) is 6.80. The van der Waals surface area contributed by atoms with Gasteiger partial charge in [-0.15, -0.1) is 0 Å². The van der Waals surface area contributed by atoms with E-state index in [0.29, 0.717) is 6.54 Å². The number of hydrogen-bond donors (Lipinski definition) is 1. The van der Waals surface area contributed by atoms with Crippen LogP contribution in [0.25, 0.3) is 11.0 Å². The molecule has 6 heteroatoms. The summed E-state index contributed by atoms with van der Waals surface area (Å²) >= 11 is 0. The lowest BCUT2D eigenvalue weighted by Crippen LogP contribution is -2.47. The minimum absolute atomic E-state index is 0.00491. The molecule has 132 valence electrons. The molecule has 0 aliphatic carbocycles. The molecule has 0 bridgehead atoms. The summed E-state index contributed by atoms with van der Waals surface area (Å²) in [6.07, 6.45) is 0. The molecule has 0 atom stereocenters. The number of imidazole rings is 1. The van der Waals surface area contributed by atoms with Gasteiger partial charge in [0.05, 0.1) is 16.6 Å². The van der Waals surface area contributed by atoms with E-state index in [9.17, 15) is 4.79 Å². The normalized spacial score (nSPS) is 17.3. The summed E-state index contributed by atoms with van der Waals surface area (Å²) in [4.78, 5) is 21.9. The Labute approximate surface area is 152 Å². The largest absolute Gasteiger partial charge is 0.368 e. The zero-order chi connectivity index (χ0) is 17.5. The number of piperazine rings is 1. The number of hydrogen-bond acceptors (Lipinski definition) is 4. The monoisotopic (exact) mass is 347 g/mol. The fraction of sp³-hybridized carbons (Fsp3) is 0.300. The number of nitrogens with one attached hydrogen (secondary N) is 1. The Bertz CT molecular complexity index is 957. The molecular formula is C20H21N5O. The highest BCUT2D eigenvalue weighted by Crippen LogP contribution is 2.28. The Balaban J connectivity index is 1.46. The first-order valence-electron chi connectivity index (χ1n) is 9.14. The topological polar surface area (TPSA) is 53.4 Å². The smallest absolute Gasteiger partial charge is 0.253 e. The molecular weight excluding hydrogens is 326 g/mol. The first-order valence-corrected chi connectivity index (χ1v) is 9.14. The number of benzene rings is 2. The average Bonchev–Trinajstić information content (AvgIpc) is 2.98. The van der Waals surface area contributed by atoms with Gasteiger partial charge in [-0.1, -0.05) is 24.3 Å². The standard InChI is InChI=1S/C20H21N5O/c26-19-16-7-4-8-17-18(16)25(10-9-21-19)20(22-17)24-13-11-23(12-14-24)15-5-2-1-3-6-15/h1-8H,9-14H2,(H,21,26). The quantitative estimate of drug-likeness (QED) is 0.771. The number of carbonyl (C=O) groups excluding carboxylic acids is 1. The van der Waals surface area contributed by atoms with E-state index in [1.165, 1.54) is 5.69 Å². The molecule has 0 unspecified atom stereocenters. The first kappa shape index (κ1) is 15.3. The predicted molar refractivity (Wildman–Crippen MR) is 103 cm³/mol. The van der Waals surface area contributed by atoms with Crippen LogP contribution in [0.3, 0.4) is 0 Å². The Morgan fingerprint density at radius 3 is 2.42 bits per heavy atom. The molecule has 1 saturated heterocycles. The van der Waals surface area contributed by atoms with E-state index < -0.39 is 0 Å². The summed E-state index contributed by atoms with van der Waals surface area (Å²) in [5.41, 5.74) is 3.86. The lowest BCUT2D eigenvalue weighted by atomic mass is 10.2. The number of aromatic nitrogens is 2. The Morgan fingerprint density at radius 1 is 0.846 bits per heavy atom. The number of amides is 1. The van der Waals surface area contributed by atoms with Crippen molar-refractivity contribution >= 4 is 28.6 Å². The first-order chi connectivity index (χ1) is 12.8. The van der Waals surface area contributed by atoms with Crippen LogP contribution in [-0.2, 0) is 6.54 Å². The van der Waals surface area contributed by atoms with Gasteiger partial charge < -0.3 is 19.7 Å². The van der Waals surface area contributed by atoms with Gasteiger partial charge in [0.15, 0.2) is 0 Å². The van der Waals surface area contributed by atoms with Crippen molar-refractivity contribution in [2.45, 2.75) is 6.54 Å². The zero-order valence-electron chi connectivity index (χ0n) is 14.6. The van der Waals surface area contributed by atoms with Gasteiger partial charge in [0, 0.05) is 45.0 Å². The van der Waals surface area contributed by atoms with E-state index in [1.54, 1.807) is 0 Å². The number of carbonyl (C=O) groups is 1. The van der Waals surface area contributed by atoms with Crippen LogP contribution in [0.2, 0.25) is 0 Å². The van der Waals surface area contributed by atoms with Crippen molar-refractivity contribution in [2.24, 2.45) is 0 Å². The lowest BCUT2D eigenvalue weighted by molar-refractivity contribution is 0.0956. The fourth-order valence-corrected chi connectivity index (χ4v) is 3.99. The molecule has 0 saturated carbocycles. The van der Waals surface area contributed by atoms with Crippen molar-refractivity contribution in [3.8, 4) is 0 Å². The average molecular weight is 347 g/mol. The summed E-state index contributed by atoms with van der Waals surface area (Å²) in [7, 11) is 0. The lowest BCUT2D eigenvalue weighted by Gasteiger charge is -2.36. The SMILES string of the molecule is O=C1NCCn2c(N3CCN(c4ccccc4)CC3)nc3cccc1c32. The Morgan fingerprint density at radius 2 is 1.62 bits per heavy atom. The summed E-state index contributed by atoms with van der Waals surface area (Å²) in [6.45, 7) is 5.18. The number of para-hydroxylation sites is 2. The zero-order valence-corrected chi connectivity index (χ0v) is 14.6. The Kier molecular flexibility index (Phi) is 3.55. The van der Waals surface area contributed by atoms with E-state index in [2.05, 4.69) is 50.0 Å². The highest BCUT2D eigenvalue weighted by Gasteiger charge is 2.26. The van der Waals surface area contributed by atoms with Gasteiger partial charge in [-0.05, 0) is 24.3 Å². The van der Waals surface area contributed by atoms with Crippen LogP contribution < -0.4 is 15.1 Å². The molecule has 5 rings (SSSR count). The van der Waals surface area contributed by atoms with Crippen LogP contribution in [-0.4, -0.2) is 48.2 Å². The van der Waals surface area contributed by atoms with Gasteiger partial charge >= 0.3 is 0 Å². The molecule has 0 radical (unpaired) electrons. The van der Waals surface area contributed by atoms with Crippen LogP contribution in [0, 0.1) is 0 Å². The third-order valence-electron chi connectivity index (χ3n) is 5.30. The molecule has 2 aliphatic heterocycles. The molecule has 0 spiro atoms. The van der Waals surface area contributed by atoms with Crippen molar-refractivity contribution < 1.29 is 4.79 Å². The number of rotatable bonds is 2. The molecule has 1 aromatic heterocycles. The van der Waals surface area contributed by atoms with Crippen molar-refractivity contribution in [2.75, 3.05) is 42.5 Å². The van der Waals surface area contributed by atoms with Crippen LogP contribution >= 0.6 is 0 Å². The minimum atomic E-state index is -0.00491. The van der Waals surface area contributed by atoms with Crippen LogP contribution in [0.15, 0.2) is 48.5 Å². The highest BCUT2D eigenvalue weighted by molar-refractivity contribution is 6.06. The van der Waals surface area contributed by atoms with Crippen molar-refractivity contribution in [1.29, 1.82) is 0 Å². The summed E-state index contributed by atoms with van der Waals surface area (Å²) in [6, 6.07) is 16.3. The van der Waals surface area contributed by atoms with Gasteiger partial charge in [-0.25, -0.2) is 4.98 Å². The van der Waals surface area contributed by atoms with Gasteiger partial charge in [-0.3, -0.25) is 4.79 Å². The molecule has 3 aromatic rings. The van der Waals surface area contributed by atoms with E-state index >= 15 is 0 Å². The summed E-state index contributed by atoms with van der Waals surface area (Å²) in [5, 5.41) is 2.98. The van der Waals surface area contributed by atoms with E-state index in [-0.39, 0.29) is 5.91 Å². The van der Waals surface area contributed by atoms with Crippen LogP contribution in [0.5, 0.6) is 0 Å². The summed E-state index contributed by atoms with van der Waals surface area (Å²) < 4.78 is 2.21. The minimum Gasteiger partial charge on any atom is -0.368 e. The van der Waals surface area contributed by atoms with E-state index in [0.717, 1.165) is 55.3 Å². The van der Waals surface area contributed by atoms with Crippen molar-refractivity contribution in [1.82, 2.24) is 14.9 Å². The van der Waals surface area contributed by atoms with Crippen LogP contribution in [0.1, 0.15) is 10.4 Å². The highest BCUT2D eigenvalue weighted by atomic mass is 16.1. The van der Waals surface area contributed by atoms with E-state index in [1.807, 2.05) is 18.2 Å². The third kappa shape index (κ3) is 2.41. The maximum atomic E-state index is 12.3. The van der Waals surface area contributed by atoms with E-state index in [4.69, 9.17) is 4.98 Å². The van der Waals surface area contributed by atoms with Crippen molar-refractivity contribution in [3.05, 3.63) is 54.1 Å². The number of anilines is 2. The van der Waals surface area contributed by atoms with Gasteiger partial charge in [0.2, 0.25) is 5.95 Å². The second kappa shape index (κ2) is 6.05. The predicted octanol–water partition coefficient (Wildman–Crippen LogP) is 2.11. The molecule has 1 fully saturated rings. The second-order valence-corrected chi connectivity index (χ2v) is 6.80. The molecule has 2 aliphatic rings. The molecule has 1 amide bonds. The van der Waals surface area contributed by atoms with Gasteiger partial charge in [-0.2, -0.15) is 0 Å². The molecule has 2 aromatic carbocycles. The summed E-state index contributed by atoms with van der Waals surface area (Å²) in [5.74, 6) is 0.978. The van der Waals surface area contributed by atoms with Crippen LogP contribution in [0.4, 0.5) is 11.6 Å². The molecule has 3 heterocycles. The third-order valence-corrected chi connectivity index (χ3v) is 5.30. The maximum Gasteiger partial charge on any atom is 0.253 e. The van der Waals surface area contributed by atoms with Crippen molar-refractivity contribution in [3.63, 3.8) is 0 Å². The maximum absolute atomic E-state index is 12.3. The molecule has 1 N–H and O–H groups in total. The van der Waals surface area contributed by atoms with Gasteiger partial charge in [0.25, 0.3) is 5.91 Å². The molecule has 26 heavy (non-hydrogen) atoms. The molecule has 6 nitrogen and oxygen atoms in total.